The molecular weight excluding hydrogens is 392 g/mol. The first kappa shape index (κ1) is 15.6. The Kier molecular flexibility index (Phi) is 5.29. The van der Waals surface area contributed by atoms with E-state index in [9.17, 15) is 8.78 Å². The van der Waals surface area contributed by atoms with Crippen molar-refractivity contribution in [1.82, 2.24) is 5.32 Å². The molecule has 0 aliphatic heterocycles. The van der Waals surface area contributed by atoms with Crippen molar-refractivity contribution in [2.75, 3.05) is 7.05 Å². The fourth-order valence-corrected chi connectivity index (χ4v) is 2.78. The minimum atomic E-state index is -0.291. The quantitative estimate of drug-likeness (QED) is 0.756. The Balaban J connectivity index is 2.26. The van der Waals surface area contributed by atoms with E-state index in [0.717, 1.165) is 15.6 Å². The molecule has 0 heterocycles. The summed E-state index contributed by atoms with van der Waals surface area (Å²) in [5.74, 6) is -0.572. The van der Waals surface area contributed by atoms with Crippen molar-refractivity contribution in [3.05, 3.63) is 68.1 Å². The Bertz CT molecular complexity index is 617. The topological polar surface area (TPSA) is 12.0 Å². The van der Waals surface area contributed by atoms with E-state index in [1.165, 1.54) is 18.2 Å². The second-order valence-electron chi connectivity index (χ2n) is 4.45. The zero-order valence-corrected chi connectivity index (χ0v) is 13.9. The van der Waals surface area contributed by atoms with E-state index >= 15 is 0 Å². The van der Waals surface area contributed by atoms with Crippen molar-refractivity contribution < 1.29 is 8.78 Å². The van der Waals surface area contributed by atoms with E-state index in [1.54, 1.807) is 12.1 Å². The first-order chi connectivity index (χ1) is 9.51. The van der Waals surface area contributed by atoms with Gasteiger partial charge in [-0.1, -0.05) is 28.1 Å². The van der Waals surface area contributed by atoms with Crippen LogP contribution in [0.4, 0.5) is 8.78 Å². The maximum absolute atomic E-state index is 13.6. The van der Waals surface area contributed by atoms with E-state index in [2.05, 4.69) is 37.2 Å². The normalized spacial score (nSPS) is 12.4. The van der Waals surface area contributed by atoms with Crippen LogP contribution < -0.4 is 5.32 Å². The molecule has 0 fully saturated rings. The molecule has 0 aliphatic rings. The maximum Gasteiger partial charge on any atom is 0.137 e. The second-order valence-corrected chi connectivity index (χ2v) is 6.16. The van der Waals surface area contributed by atoms with Gasteiger partial charge in [-0.2, -0.15) is 0 Å². The Hall–Kier alpha value is -0.780. The highest BCUT2D eigenvalue weighted by atomic mass is 79.9. The van der Waals surface area contributed by atoms with Gasteiger partial charge in [-0.3, -0.25) is 0 Å². The zero-order chi connectivity index (χ0) is 14.7. The molecule has 2 aromatic carbocycles. The number of benzene rings is 2. The third-order valence-corrected chi connectivity index (χ3v) is 4.51. The lowest BCUT2D eigenvalue weighted by Crippen LogP contribution is -2.19. The second kappa shape index (κ2) is 6.78. The largest absolute Gasteiger partial charge is 0.313 e. The highest BCUT2D eigenvalue weighted by molar-refractivity contribution is 9.10. The predicted octanol–water partition coefficient (Wildman–Crippen LogP) is 4.99. The van der Waals surface area contributed by atoms with Crippen LogP contribution in [0.1, 0.15) is 17.2 Å². The van der Waals surface area contributed by atoms with Crippen molar-refractivity contribution in [2.24, 2.45) is 0 Å². The van der Waals surface area contributed by atoms with E-state index in [-0.39, 0.29) is 17.7 Å². The van der Waals surface area contributed by atoms with Crippen LogP contribution in [0.25, 0.3) is 0 Å². The van der Waals surface area contributed by atoms with Crippen LogP contribution in [-0.4, -0.2) is 7.05 Å². The van der Waals surface area contributed by atoms with Gasteiger partial charge in [0.05, 0.1) is 4.47 Å². The fourth-order valence-electron chi connectivity index (χ4n) is 2.02. The highest BCUT2D eigenvalue weighted by Gasteiger charge is 2.14. The molecule has 0 spiro atoms. The molecule has 0 aromatic heterocycles. The van der Waals surface area contributed by atoms with Crippen LogP contribution in [0.5, 0.6) is 0 Å². The lowest BCUT2D eigenvalue weighted by Gasteiger charge is -2.18. The Morgan fingerprint density at radius 2 is 1.80 bits per heavy atom. The molecule has 0 saturated heterocycles. The first-order valence-electron chi connectivity index (χ1n) is 6.07. The molecule has 2 aromatic rings. The van der Waals surface area contributed by atoms with Crippen molar-refractivity contribution in [3.63, 3.8) is 0 Å². The summed E-state index contributed by atoms with van der Waals surface area (Å²) in [6.45, 7) is 0. The number of hydrogen-bond donors (Lipinski definition) is 1. The zero-order valence-electron chi connectivity index (χ0n) is 10.8. The van der Waals surface area contributed by atoms with Crippen molar-refractivity contribution >= 4 is 31.9 Å². The summed E-state index contributed by atoms with van der Waals surface area (Å²) >= 11 is 6.50. The maximum atomic E-state index is 13.6. The molecule has 0 aliphatic carbocycles. The number of hydrogen-bond acceptors (Lipinski definition) is 1. The van der Waals surface area contributed by atoms with Crippen LogP contribution in [0.2, 0.25) is 0 Å². The third kappa shape index (κ3) is 3.65. The lowest BCUT2D eigenvalue weighted by atomic mass is 9.99. The van der Waals surface area contributed by atoms with E-state index in [0.29, 0.717) is 10.9 Å². The fraction of sp³-hybridized carbons (Fsp3) is 0.200. The summed E-state index contributed by atoms with van der Waals surface area (Å²) in [7, 11) is 1.82. The molecule has 20 heavy (non-hydrogen) atoms. The van der Waals surface area contributed by atoms with Gasteiger partial charge < -0.3 is 5.32 Å². The molecule has 0 amide bonds. The molecule has 0 saturated carbocycles. The molecule has 5 heteroatoms. The molecule has 2 rings (SSSR count). The first-order valence-corrected chi connectivity index (χ1v) is 7.66. The molecule has 0 radical (unpaired) electrons. The van der Waals surface area contributed by atoms with E-state index in [4.69, 9.17) is 0 Å². The third-order valence-electron chi connectivity index (χ3n) is 3.13. The van der Waals surface area contributed by atoms with Crippen LogP contribution in [0.15, 0.2) is 45.3 Å². The predicted molar refractivity (Wildman–Crippen MR) is 83.7 cm³/mol. The summed E-state index contributed by atoms with van der Waals surface area (Å²) in [4.78, 5) is 0. The van der Waals surface area contributed by atoms with Crippen LogP contribution >= 0.6 is 31.9 Å². The molecule has 106 valence electrons. The molecule has 1 atom stereocenters. The average molecular weight is 405 g/mol. The van der Waals surface area contributed by atoms with E-state index < -0.39 is 0 Å². The van der Waals surface area contributed by atoms with Crippen LogP contribution in [-0.2, 0) is 6.42 Å². The minimum Gasteiger partial charge on any atom is -0.313 e. The van der Waals surface area contributed by atoms with Gasteiger partial charge in [0.25, 0.3) is 0 Å². The van der Waals surface area contributed by atoms with Gasteiger partial charge in [0, 0.05) is 10.5 Å². The van der Waals surface area contributed by atoms with Crippen LogP contribution in [0, 0.1) is 11.6 Å². The monoisotopic (exact) mass is 403 g/mol. The number of rotatable bonds is 4. The van der Waals surface area contributed by atoms with E-state index in [1.807, 2.05) is 13.1 Å². The van der Waals surface area contributed by atoms with Gasteiger partial charge in [0.15, 0.2) is 0 Å². The molecule has 1 unspecified atom stereocenters. The summed E-state index contributed by atoms with van der Waals surface area (Å²) < 4.78 is 27.9. The number of halogens is 4. The van der Waals surface area contributed by atoms with Crippen molar-refractivity contribution in [2.45, 2.75) is 12.5 Å². The molecule has 1 N–H and O–H groups in total. The molecule has 0 bridgehead atoms. The smallest absolute Gasteiger partial charge is 0.137 e. The van der Waals surface area contributed by atoms with Gasteiger partial charge in [0.2, 0.25) is 0 Å². The SMILES string of the molecule is CNC(Cc1ccc(F)cc1Br)c1ccc(Br)c(F)c1. The Morgan fingerprint density at radius 1 is 1.05 bits per heavy atom. The summed E-state index contributed by atoms with van der Waals surface area (Å²) in [5, 5.41) is 3.16. The van der Waals surface area contributed by atoms with Crippen molar-refractivity contribution in [3.8, 4) is 0 Å². The highest BCUT2D eigenvalue weighted by Crippen LogP contribution is 2.26. The average Bonchev–Trinajstić information content (AvgIpc) is 2.41. The minimum absolute atomic E-state index is 0.0423. The number of nitrogens with one attached hydrogen (secondary N) is 1. The molecular formula is C15H13Br2F2N. The van der Waals surface area contributed by atoms with Crippen LogP contribution in [0.3, 0.4) is 0 Å². The van der Waals surface area contributed by atoms with Gasteiger partial charge in [-0.15, -0.1) is 0 Å². The van der Waals surface area contributed by atoms with Gasteiger partial charge >= 0.3 is 0 Å². The standard InChI is InChI=1S/C15H13Br2F2N/c1-20-15(10-3-5-12(16)14(19)6-10)7-9-2-4-11(18)8-13(9)17/h2-6,8,15,20H,7H2,1H3. The summed E-state index contributed by atoms with van der Waals surface area (Å²) in [5.41, 5.74) is 1.82. The van der Waals surface area contributed by atoms with Gasteiger partial charge in [-0.05, 0) is 64.8 Å². The van der Waals surface area contributed by atoms with Crippen molar-refractivity contribution in [1.29, 1.82) is 0 Å². The van der Waals surface area contributed by atoms with Gasteiger partial charge in [-0.25, -0.2) is 8.78 Å². The molecule has 1 nitrogen and oxygen atoms in total. The lowest BCUT2D eigenvalue weighted by molar-refractivity contribution is 0.573. The number of likely N-dealkylation sites (N-methyl/N-ethyl adjacent to an activating group) is 1. The van der Waals surface area contributed by atoms with Gasteiger partial charge in [0.1, 0.15) is 11.6 Å². The summed E-state index contributed by atoms with van der Waals surface area (Å²) in [6, 6.07) is 9.61. The summed E-state index contributed by atoms with van der Waals surface area (Å²) in [6.07, 6.45) is 0.637. The Morgan fingerprint density at radius 3 is 2.40 bits per heavy atom. The Labute approximate surface area is 133 Å².